The Bertz CT molecular complexity index is 795. The molecular formula is C15H14BrN3O. The molecule has 5 heteroatoms. The third kappa shape index (κ3) is 1.98. The maximum atomic E-state index is 5.39. The number of aromatic nitrogens is 3. The van der Waals surface area contributed by atoms with E-state index >= 15 is 0 Å². The van der Waals surface area contributed by atoms with Crippen LogP contribution >= 0.6 is 15.9 Å². The number of benzene rings is 1. The average molecular weight is 332 g/mol. The molecule has 0 radical (unpaired) electrons. The van der Waals surface area contributed by atoms with Crippen molar-refractivity contribution >= 4 is 21.7 Å². The van der Waals surface area contributed by atoms with Crippen LogP contribution in [0.2, 0.25) is 0 Å². The number of hydrogen-bond acceptors (Lipinski definition) is 3. The van der Waals surface area contributed by atoms with E-state index in [1.54, 1.807) is 7.11 Å². The number of rotatable bonds is 2. The molecule has 0 saturated heterocycles. The molecule has 3 aromatic rings. The van der Waals surface area contributed by atoms with Crippen LogP contribution in [0.4, 0.5) is 0 Å². The van der Waals surface area contributed by atoms with Crippen LogP contribution in [-0.2, 0) is 0 Å². The van der Waals surface area contributed by atoms with Gasteiger partial charge in [-0.3, -0.25) is 4.40 Å². The zero-order chi connectivity index (χ0) is 14.3. The molecule has 0 N–H and O–H groups in total. The maximum absolute atomic E-state index is 5.39. The van der Waals surface area contributed by atoms with Gasteiger partial charge in [0.1, 0.15) is 5.75 Å². The molecule has 2 aromatic heterocycles. The predicted molar refractivity (Wildman–Crippen MR) is 82.1 cm³/mol. The lowest BCUT2D eigenvalue weighted by atomic mass is 10.1. The SMILES string of the molecule is COc1ccccc1-c1cn2c(C)c(Br)c(C)nc2n1. The van der Waals surface area contributed by atoms with Crippen molar-refractivity contribution in [2.45, 2.75) is 13.8 Å². The van der Waals surface area contributed by atoms with Crippen LogP contribution in [0.15, 0.2) is 34.9 Å². The summed E-state index contributed by atoms with van der Waals surface area (Å²) in [5.41, 5.74) is 3.84. The summed E-state index contributed by atoms with van der Waals surface area (Å²) < 4.78 is 8.39. The third-order valence-corrected chi connectivity index (χ3v) is 4.48. The topological polar surface area (TPSA) is 39.4 Å². The Kier molecular flexibility index (Phi) is 3.22. The van der Waals surface area contributed by atoms with Gasteiger partial charge in [-0.25, -0.2) is 9.97 Å². The minimum absolute atomic E-state index is 0.698. The van der Waals surface area contributed by atoms with Gasteiger partial charge in [0.05, 0.1) is 23.0 Å². The second-order valence-corrected chi connectivity index (χ2v) is 5.39. The summed E-state index contributed by atoms with van der Waals surface area (Å²) in [4.78, 5) is 9.11. The Morgan fingerprint density at radius 3 is 2.65 bits per heavy atom. The fraction of sp³-hybridized carbons (Fsp3) is 0.200. The fourth-order valence-corrected chi connectivity index (χ4v) is 2.53. The van der Waals surface area contributed by atoms with Crippen LogP contribution in [-0.4, -0.2) is 21.5 Å². The summed E-state index contributed by atoms with van der Waals surface area (Å²) in [6.07, 6.45) is 1.99. The molecular weight excluding hydrogens is 318 g/mol. The van der Waals surface area contributed by atoms with Gasteiger partial charge in [-0.05, 0) is 41.9 Å². The van der Waals surface area contributed by atoms with Crippen LogP contribution in [0.3, 0.4) is 0 Å². The minimum atomic E-state index is 0.698. The lowest BCUT2D eigenvalue weighted by Gasteiger charge is -2.04. The third-order valence-electron chi connectivity index (χ3n) is 3.33. The highest BCUT2D eigenvalue weighted by molar-refractivity contribution is 9.10. The van der Waals surface area contributed by atoms with E-state index in [0.29, 0.717) is 5.78 Å². The molecule has 4 nitrogen and oxygen atoms in total. The van der Waals surface area contributed by atoms with E-state index in [0.717, 1.165) is 32.9 Å². The normalized spacial score (nSPS) is 11.0. The van der Waals surface area contributed by atoms with Crippen molar-refractivity contribution in [3.63, 3.8) is 0 Å². The first kappa shape index (κ1) is 13.1. The highest BCUT2D eigenvalue weighted by Gasteiger charge is 2.13. The predicted octanol–water partition coefficient (Wildman–Crippen LogP) is 3.78. The summed E-state index contributed by atoms with van der Waals surface area (Å²) in [6.45, 7) is 4.01. The molecule has 0 unspecified atom stereocenters. The van der Waals surface area contributed by atoms with Gasteiger partial charge in [0.2, 0.25) is 5.78 Å². The van der Waals surface area contributed by atoms with Crippen molar-refractivity contribution < 1.29 is 4.74 Å². The molecule has 20 heavy (non-hydrogen) atoms. The Hall–Kier alpha value is -1.88. The van der Waals surface area contributed by atoms with E-state index in [-0.39, 0.29) is 0 Å². The van der Waals surface area contributed by atoms with Gasteiger partial charge in [-0.2, -0.15) is 0 Å². The number of aryl methyl sites for hydroxylation is 2. The first-order chi connectivity index (χ1) is 9.61. The maximum Gasteiger partial charge on any atom is 0.234 e. The van der Waals surface area contributed by atoms with Crippen LogP contribution in [0.1, 0.15) is 11.4 Å². The summed E-state index contributed by atoms with van der Waals surface area (Å²) in [7, 11) is 1.67. The van der Waals surface area contributed by atoms with Crippen molar-refractivity contribution in [1.82, 2.24) is 14.4 Å². The molecule has 0 atom stereocenters. The number of ether oxygens (including phenoxy) is 1. The van der Waals surface area contributed by atoms with Crippen LogP contribution in [0.25, 0.3) is 17.0 Å². The second-order valence-electron chi connectivity index (χ2n) is 4.59. The van der Waals surface area contributed by atoms with Crippen LogP contribution in [0.5, 0.6) is 5.75 Å². The molecule has 102 valence electrons. The molecule has 0 amide bonds. The number of hydrogen-bond donors (Lipinski definition) is 0. The van der Waals surface area contributed by atoms with Crippen molar-refractivity contribution in [3.05, 3.63) is 46.3 Å². The highest BCUT2D eigenvalue weighted by Crippen LogP contribution is 2.30. The van der Waals surface area contributed by atoms with Gasteiger partial charge in [-0.15, -0.1) is 0 Å². The highest BCUT2D eigenvalue weighted by atomic mass is 79.9. The van der Waals surface area contributed by atoms with E-state index in [9.17, 15) is 0 Å². The number of para-hydroxylation sites is 1. The molecule has 0 aliphatic carbocycles. The Balaban J connectivity index is 2.26. The van der Waals surface area contributed by atoms with Gasteiger partial charge in [0.15, 0.2) is 0 Å². The molecule has 0 aliphatic heterocycles. The van der Waals surface area contributed by atoms with E-state index in [1.807, 2.05) is 48.7 Å². The Labute approximate surface area is 125 Å². The molecule has 0 aliphatic rings. The van der Waals surface area contributed by atoms with Gasteiger partial charge in [0, 0.05) is 17.5 Å². The summed E-state index contributed by atoms with van der Waals surface area (Å²) in [5.74, 6) is 1.51. The molecule has 0 bridgehead atoms. The smallest absolute Gasteiger partial charge is 0.234 e. The summed E-state index contributed by atoms with van der Waals surface area (Å²) in [6, 6.07) is 7.85. The number of nitrogens with zero attached hydrogens (tertiary/aromatic N) is 3. The second kappa shape index (κ2) is 4.90. The zero-order valence-corrected chi connectivity index (χ0v) is 13.1. The van der Waals surface area contributed by atoms with Crippen LogP contribution in [0, 0.1) is 13.8 Å². The number of fused-ring (bicyclic) bond motifs is 1. The van der Waals surface area contributed by atoms with Crippen molar-refractivity contribution in [3.8, 4) is 17.0 Å². The molecule has 1 aromatic carbocycles. The summed E-state index contributed by atoms with van der Waals surface area (Å²) >= 11 is 3.56. The lowest BCUT2D eigenvalue weighted by Crippen LogP contribution is -1.97. The molecule has 0 saturated carbocycles. The first-order valence-electron chi connectivity index (χ1n) is 6.27. The number of methoxy groups -OCH3 is 1. The van der Waals surface area contributed by atoms with Crippen molar-refractivity contribution in [1.29, 1.82) is 0 Å². The van der Waals surface area contributed by atoms with Gasteiger partial charge >= 0.3 is 0 Å². The first-order valence-corrected chi connectivity index (χ1v) is 7.06. The lowest BCUT2D eigenvalue weighted by molar-refractivity contribution is 0.416. The quantitative estimate of drug-likeness (QED) is 0.717. The average Bonchev–Trinajstić information content (AvgIpc) is 2.88. The zero-order valence-electron chi connectivity index (χ0n) is 11.5. The van der Waals surface area contributed by atoms with Gasteiger partial charge in [-0.1, -0.05) is 12.1 Å². The molecule has 0 spiro atoms. The minimum Gasteiger partial charge on any atom is -0.496 e. The fourth-order valence-electron chi connectivity index (χ4n) is 2.25. The van der Waals surface area contributed by atoms with E-state index in [1.165, 1.54) is 0 Å². The summed E-state index contributed by atoms with van der Waals surface area (Å²) in [5, 5.41) is 0. The van der Waals surface area contributed by atoms with Crippen LogP contribution < -0.4 is 4.74 Å². The standard InChI is InChI=1S/C15H14BrN3O/c1-9-14(16)10(2)19-8-12(18-15(19)17-9)11-6-4-5-7-13(11)20-3/h4-8H,1-3H3. The van der Waals surface area contributed by atoms with E-state index in [4.69, 9.17) is 4.74 Å². The molecule has 3 rings (SSSR count). The largest absolute Gasteiger partial charge is 0.496 e. The van der Waals surface area contributed by atoms with E-state index < -0.39 is 0 Å². The number of imidazole rings is 1. The number of halogens is 1. The van der Waals surface area contributed by atoms with Crippen molar-refractivity contribution in [2.24, 2.45) is 0 Å². The molecule has 0 fully saturated rings. The van der Waals surface area contributed by atoms with E-state index in [2.05, 4.69) is 25.9 Å². The van der Waals surface area contributed by atoms with Gasteiger partial charge < -0.3 is 4.74 Å². The van der Waals surface area contributed by atoms with Crippen molar-refractivity contribution in [2.75, 3.05) is 7.11 Å². The van der Waals surface area contributed by atoms with Gasteiger partial charge in [0.25, 0.3) is 0 Å². The Morgan fingerprint density at radius 1 is 1.15 bits per heavy atom. The Morgan fingerprint density at radius 2 is 1.90 bits per heavy atom. The monoisotopic (exact) mass is 331 g/mol. The molecule has 2 heterocycles.